The molecule has 0 saturated heterocycles. The van der Waals surface area contributed by atoms with Crippen molar-refractivity contribution in [3.8, 4) is 10.6 Å². The maximum atomic E-state index is 12.3. The fourth-order valence-corrected chi connectivity index (χ4v) is 3.01. The van der Waals surface area contributed by atoms with Crippen LogP contribution in [0.25, 0.3) is 10.6 Å². The number of thiophene rings is 1. The van der Waals surface area contributed by atoms with Crippen molar-refractivity contribution in [2.75, 3.05) is 20.3 Å². The maximum Gasteiger partial charge on any atom is 0.273 e. The Kier molecular flexibility index (Phi) is 5.57. The molecule has 6 nitrogen and oxygen atoms in total. The number of aliphatic hydroxyl groups excluding tert-OH is 1. The van der Waals surface area contributed by atoms with Gasteiger partial charge in [0.1, 0.15) is 0 Å². The Morgan fingerprint density at radius 3 is 2.95 bits per heavy atom. The average Bonchev–Trinajstić information content (AvgIpc) is 3.07. The highest BCUT2D eigenvalue weighted by Gasteiger charge is 2.28. The van der Waals surface area contributed by atoms with Crippen LogP contribution in [0.5, 0.6) is 0 Å². The Bertz CT molecular complexity index is 634. The molecule has 1 atom stereocenters. The van der Waals surface area contributed by atoms with Crippen LogP contribution >= 0.6 is 22.9 Å². The molecule has 0 aromatic carbocycles. The molecule has 0 fully saturated rings. The largest absolute Gasteiger partial charge is 0.396 e. The van der Waals surface area contributed by atoms with E-state index in [4.69, 9.17) is 26.0 Å². The molecule has 1 amide bonds. The minimum Gasteiger partial charge on any atom is -0.396 e. The predicted octanol–water partition coefficient (Wildman–Crippen LogP) is 2.57. The summed E-state index contributed by atoms with van der Waals surface area (Å²) in [6.07, 6.45) is 0.373. The number of aromatic nitrogens is 1. The van der Waals surface area contributed by atoms with E-state index in [1.54, 1.807) is 25.1 Å². The van der Waals surface area contributed by atoms with Gasteiger partial charge in [-0.05, 0) is 25.5 Å². The van der Waals surface area contributed by atoms with E-state index in [-0.39, 0.29) is 24.8 Å². The number of ether oxygens (including phenoxy) is 1. The number of halogens is 1. The van der Waals surface area contributed by atoms with Crippen LogP contribution in [-0.2, 0) is 4.74 Å². The van der Waals surface area contributed by atoms with Gasteiger partial charge in [0.2, 0.25) is 0 Å². The van der Waals surface area contributed by atoms with E-state index in [1.807, 2.05) is 0 Å². The number of hydrogen-bond donors (Lipinski definition) is 2. The SMILES string of the molecule is COCC(C)(CCO)NC(=O)c1cc(-c2ccc(Cl)s2)on1. The molecule has 0 aliphatic carbocycles. The smallest absolute Gasteiger partial charge is 0.273 e. The van der Waals surface area contributed by atoms with Crippen LogP contribution in [0.15, 0.2) is 22.7 Å². The fraction of sp³-hybridized carbons (Fsp3) is 0.429. The van der Waals surface area contributed by atoms with E-state index >= 15 is 0 Å². The number of carbonyl (C=O) groups is 1. The van der Waals surface area contributed by atoms with Gasteiger partial charge in [-0.15, -0.1) is 11.3 Å². The normalized spacial score (nSPS) is 13.8. The summed E-state index contributed by atoms with van der Waals surface area (Å²) in [6, 6.07) is 5.11. The molecule has 2 heterocycles. The van der Waals surface area contributed by atoms with Gasteiger partial charge < -0.3 is 19.7 Å². The van der Waals surface area contributed by atoms with E-state index in [0.717, 1.165) is 4.88 Å². The van der Waals surface area contributed by atoms with Crippen LogP contribution in [0, 0.1) is 0 Å². The number of rotatable bonds is 7. The second kappa shape index (κ2) is 7.23. The first-order chi connectivity index (χ1) is 10.5. The number of methoxy groups -OCH3 is 1. The summed E-state index contributed by atoms with van der Waals surface area (Å²) in [5.41, 5.74) is -0.508. The fourth-order valence-electron chi connectivity index (χ4n) is 2.02. The van der Waals surface area contributed by atoms with Gasteiger partial charge in [-0.25, -0.2) is 0 Å². The van der Waals surface area contributed by atoms with Crippen LogP contribution in [0.1, 0.15) is 23.8 Å². The standard InChI is InChI=1S/C14H17ClN2O4S/c1-14(5-6-18,8-20-2)16-13(19)9-7-10(21-17-9)11-3-4-12(15)22-11/h3-4,7,18H,5-6,8H2,1-2H3,(H,16,19). The summed E-state index contributed by atoms with van der Waals surface area (Å²) in [5.74, 6) is 0.100. The highest BCUT2D eigenvalue weighted by atomic mass is 35.5. The van der Waals surface area contributed by atoms with E-state index < -0.39 is 5.54 Å². The van der Waals surface area contributed by atoms with Crippen molar-refractivity contribution in [1.29, 1.82) is 0 Å². The number of carbonyl (C=O) groups excluding carboxylic acids is 1. The molecular weight excluding hydrogens is 328 g/mol. The zero-order chi connectivity index (χ0) is 16.2. The Morgan fingerprint density at radius 1 is 1.59 bits per heavy atom. The van der Waals surface area contributed by atoms with Gasteiger partial charge >= 0.3 is 0 Å². The third kappa shape index (κ3) is 4.07. The molecule has 0 radical (unpaired) electrons. The monoisotopic (exact) mass is 344 g/mol. The molecule has 8 heteroatoms. The van der Waals surface area contributed by atoms with E-state index in [9.17, 15) is 4.79 Å². The van der Waals surface area contributed by atoms with E-state index in [2.05, 4.69) is 10.5 Å². The van der Waals surface area contributed by atoms with Gasteiger partial charge in [0.15, 0.2) is 11.5 Å². The highest BCUT2D eigenvalue weighted by Crippen LogP contribution is 2.31. The number of nitrogens with zero attached hydrogens (tertiary/aromatic N) is 1. The second-order valence-electron chi connectivity index (χ2n) is 5.10. The topological polar surface area (TPSA) is 84.6 Å². The molecule has 2 aromatic rings. The van der Waals surface area contributed by atoms with Gasteiger partial charge in [-0.2, -0.15) is 0 Å². The first kappa shape index (κ1) is 17.0. The summed E-state index contributed by atoms with van der Waals surface area (Å²) < 4.78 is 10.9. The first-order valence-electron chi connectivity index (χ1n) is 6.62. The second-order valence-corrected chi connectivity index (χ2v) is 6.82. The van der Waals surface area contributed by atoms with Crippen molar-refractivity contribution in [2.45, 2.75) is 18.9 Å². The van der Waals surface area contributed by atoms with Crippen LogP contribution in [0.4, 0.5) is 0 Å². The minimum atomic E-state index is -0.675. The summed E-state index contributed by atoms with van der Waals surface area (Å²) in [5, 5.41) is 15.7. The van der Waals surface area contributed by atoms with Crippen molar-refractivity contribution in [3.05, 3.63) is 28.2 Å². The van der Waals surface area contributed by atoms with Crippen LogP contribution in [-0.4, -0.2) is 42.0 Å². The summed E-state index contributed by atoms with van der Waals surface area (Å²) in [4.78, 5) is 13.1. The molecule has 2 N–H and O–H groups in total. The Balaban J connectivity index is 2.11. The Hall–Kier alpha value is -1.41. The third-order valence-corrected chi connectivity index (χ3v) is 4.35. The van der Waals surface area contributed by atoms with E-state index in [0.29, 0.717) is 16.5 Å². The van der Waals surface area contributed by atoms with Gasteiger partial charge in [0.25, 0.3) is 5.91 Å². The average molecular weight is 345 g/mol. The van der Waals surface area contributed by atoms with Crippen molar-refractivity contribution < 1.29 is 19.2 Å². The third-order valence-electron chi connectivity index (χ3n) is 3.10. The zero-order valence-electron chi connectivity index (χ0n) is 12.3. The minimum absolute atomic E-state index is 0.0576. The van der Waals surface area contributed by atoms with Crippen LogP contribution in [0.2, 0.25) is 4.34 Å². The number of aliphatic hydroxyl groups is 1. The molecule has 0 bridgehead atoms. The molecule has 2 aromatic heterocycles. The van der Waals surface area contributed by atoms with E-state index in [1.165, 1.54) is 18.4 Å². The lowest BCUT2D eigenvalue weighted by Gasteiger charge is -2.28. The molecule has 0 aliphatic rings. The Morgan fingerprint density at radius 2 is 2.36 bits per heavy atom. The molecule has 0 saturated carbocycles. The Labute approximate surface area is 137 Å². The van der Waals surface area contributed by atoms with Crippen molar-refractivity contribution in [2.24, 2.45) is 0 Å². The van der Waals surface area contributed by atoms with Crippen LogP contribution < -0.4 is 5.32 Å². The van der Waals surface area contributed by atoms with Crippen molar-refractivity contribution in [3.63, 3.8) is 0 Å². The quantitative estimate of drug-likeness (QED) is 0.806. The predicted molar refractivity (Wildman–Crippen MR) is 84.3 cm³/mol. The van der Waals surface area contributed by atoms with Crippen LogP contribution in [0.3, 0.4) is 0 Å². The number of amides is 1. The highest BCUT2D eigenvalue weighted by molar-refractivity contribution is 7.19. The summed E-state index contributed by atoms with van der Waals surface area (Å²) in [6.45, 7) is 2.02. The number of nitrogens with one attached hydrogen (secondary N) is 1. The molecule has 22 heavy (non-hydrogen) atoms. The van der Waals surface area contributed by atoms with Gasteiger partial charge in [-0.3, -0.25) is 4.79 Å². The summed E-state index contributed by atoms with van der Waals surface area (Å²) in [7, 11) is 1.54. The molecule has 2 rings (SSSR count). The van der Waals surface area contributed by atoms with Gasteiger partial charge in [0, 0.05) is 19.8 Å². The molecule has 1 unspecified atom stereocenters. The van der Waals surface area contributed by atoms with Crippen molar-refractivity contribution in [1.82, 2.24) is 10.5 Å². The molecule has 0 aliphatic heterocycles. The number of hydrogen-bond acceptors (Lipinski definition) is 6. The maximum absolute atomic E-state index is 12.3. The lowest BCUT2D eigenvalue weighted by atomic mass is 9.99. The molecule has 120 valence electrons. The zero-order valence-corrected chi connectivity index (χ0v) is 13.8. The van der Waals surface area contributed by atoms with Gasteiger partial charge in [-0.1, -0.05) is 16.8 Å². The first-order valence-corrected chi connectivity index (χ1v) is 7.81. The van der Waals surface area contributed by atoms with Crippen molar-refractivity contribution >= 4 is 28.8 Å². The summed E-state index contributed by atoms with van der Waals surface area (Å²) >= 11 is 7.22. The lowest BCUT2D eigenvalue weighted by Crippen LogP contribution is -2.50. The molecule has 0 spiro atoms. The molecular formula is C14H17ClN2O4S. The van der Waals surface area contributed by atoms with Gasteiger partial charge in [0.05, 0.1) is 21.4 Å². The lowest BCUT2D eigenvalue weighted by molar-refractivity contribution is 0.0718.